The molecule has 0 aromatic heterocycles. The van der Waals surface area contributed by atoms with Crippen LogP contribution >= 0.6 is 0 Å². The standard InChI is InChI=1S/C44H38F2O8/c1-43(2,26-52-40(49)29-12-10-28(11-13-29)39(47)48)24-34-20-18-32(22-37(34)45)33-19-21-35(38(46)23-33)25-44(3,4)27-53-41(50)30-14-16-31(17-15-30)42(51)54-36-8-6-5-7-9-36/h6-23H,24-27H2,1-4H3. The summed E-state index contributed by atoms with van der Waals surface area (Å²) in [6.07, 6.45) is 0.503. The minimum atomic E-state index is -1.35. The molecule has 0 aliphatic carbocycles. The molecule has 0 saturated carbocycles. The number of carbonyl (C=O) groups excluding carboxylic acids is 4. The minimum Gasteiger partial charge on any atom is -0.462 e. The van der Waals surface area contributed by atoms with Crippen molar-refractivity contribution >= 4 is 23.9 Å². The van der Waals surface area contributed by atoms with Gasteiger partial charge < -0.3 is 14.2 Å². The summed E-state index contributed by atoms with van der Waals surface area (Å²) >= 11 is 0. The van der Waals surface area contributed by atoms with E-state index < -0.39 is 46.3 Å². The fourth-order valence-corrected chi connectivity index (χ4v) is 5.65. The van der Waals surface area contributed by atoms with E-state index in [0.29, 0.717) is 28.0 Å². The summed E-state index contributed by atoms with van der Waals surface area (Å²) in [5.41, 5.74) is 1.13. The van der Waals surface area contributed by atoms with Crippen molar-refractivity contribution in [3.8, 4) is 16.9 Å². The molecular weight excluding hydrogens is 694 g/mol. The van der Waals surface area contributed by atoms with E-state index >= 15 is 8.78 Å². The Bertz CT molecular complexity index is 2140. The lowest BCUT2D eigenvalue weighted by Crippen LogP contribution is -2.25. The van der Waals surface area contributed by atoms with Crippen LogP contribution < -0.4 is 4.74 Å². The molecule has 0 heterocycles. The highest BCUT2D eigenvalue weighted by Gasteiger charge is 2.25. The molecule has 276 valence electrons. The van der Waals surface area contributed by atoms with E-state index in [4.69, 9.17) is 14.2 Å². The molecule has 0 N–H and O–H groups in total. The van der Waals surface area contributed by atoms with Crippen LogP contribution in [0, 0.1) is 28.5 Å². The summed E-state index contributed by atoms with van der Waals surface area (Å²) in [6.45, 7) is 7.33. The smallest absolute Gasteiger partial charge is 0.386 e. The van der Waals surface area contributed by atoms with Crippen molar-refractivity contribution in [3.63, 3.8) is 0 Å². The summed E-state index contributed by atoms with van der Waals surface area (Å²) < 4.78 is 47.0. The SMILES string of the molecule is CC(C)(COC(=O)c1ccc(C([O])=O)cc1)Cc1ccc(-c2ccc(CC(C)(C)COC(=O)c3ccc(C(=O)Oc4cc[c]cc4)cc3)c(F)c2)cc1F. The second kappa shape index (κ2) is 16.7. The molecule has 8 nitrogen and oxygen atoms in total. The maximum absolute atomic E-state index is 15.4. The van der Waals surface area contributed by atoms with E-state index in [1.807, 2.05) is 27.7 Å². The third-order valence-corrected chi connectivity index (χ3v) is 8.58. The van der Waals surface area contributed by atoms with Gasteiger partial charge in [0.25, 0.3) is 0 Å². The molecule has 0 amide bonds. The summed E-state index contributed by atoms with van der Waals surface area (Å²) in [7, 11) is 0. The Morgan fingerprint density at radius 3 is 1.33 bits per heavy atom. The zero-order valence-electron chi connectivity index (χ0n) is 30.2. The zero-order valence-corrected chi connectivity index (χ0v) is 30.2. The van der Waals surface area contributed by atoms with Crippen LogP contribution in [0.15, 0.2) is 109 Å². The first-order valence-electron chi connectivity index (χ1n) is 17.1. The predicted molar refractivity (Wildman–Crippen MR) is 195 cm³/mol. The van der Waals surface area contributed by atoms with Crippen molar-refractivity contribution in [2.45, 2.75) is 40.5 Å². The second-order valence-electron chi connectivity index (χ2n) is 14.5. The van der Waals surface area contributed by atoms with Crippen molar-refractivity contribution < 1.29 is 47.3 Å². The highest BCUT2D eigenvalue weighted by atomic mass is 19.1. The first-order chi connectivity index (χ1) is 25.6. The largest absolute Gasteiger partial charge is 0.462 e. The molecule has 2 radical (unpaired) electrons. The van der Waals surface area contributed by atoms with Crippen LogP contribution in [0.1, 0.15) is 80.3 Å². The highest BCUT2D eigenvalue weighted by Crippen LogP contribution is 2.31. The topological polar surface area (TPSA) is 116 Å². The molecule has 0 spiro atoms. The van der Waals surface area contributed by atoms with E-state index in [9.17, 15) is 24.3 Å². The predicted octanol–water partition coefficient (Wildman–Crippen LogP) is 9.07. The molecule has 0 unspecified atom stereocenters. The number of benzene rings is 5. The molecule has 0 saturated heterocycles. The molecule has 0 aliphatic rings. The van der Waals surface area contributed by atoms with Gasteiger partial charge in [0.05, 0.1) is 35.5 Å². The summed E-state index contributed by atoms with van der Waals surface area (Å²) in [4.78, 5) is 48.6. The molecule has 0 atom stereocenters. The molecular formula is C44H38F2O8. The van der Waals surface area contributed by atoms with E-state index in [1.54, 1.807) is 48.5 Å². The normalized spacial score (nSPS) is 11.4. The Balaban J connectivity index is 1.13. The Kier molecular flexibility index (Phi) is 12.1. The quantitative estimate of drug-likeness (QED) is 0.0826. The average molecular weight is 733 g/mol. The Labute approximate surface area is 312 Å². The monoisotopic (exact) mass is 732 g/mol. The van der Waals surface area contributed by atoms with Crippen LogP contribution in [0.3, 0.4) is 0 Å². The Morgan fingerprint density at radius 2 is 0.944 bits per heavy atom. The van der Waals surface area contributed by atoms with Crippen LogP contribution in [0.4, 0.5) is 8.78 Å². The maximum Gasteiger partial charge on any atom is 0.386 e. The molecule has 0 fully saturated rings. The lowest BCUT2D eigenvalue weighted by atomic mass is 9.85. The number of ether oxygens (including phenoxy) is 3. The maximum atomic E-state index is 15.4. The van der Waals surface area contributed by atoms with Gasteiger partial charge in [-0.15, -0.1) is 0 Å². The lowest BCUT2D eigenvalue weighted by Gasteiger charge is -2.25. The van der Waals surface area contributed by atoms with Gasteiger partial charge in [-0.2, -0.15) is 0 Å². The summed E-state index contributed by atoms with van der Waals surface area (Å²) in [6, 6.07) is 29.8. The van der Waals surface area contributed by atoms with Gasteiger partial charge in [0.15, 0.2) is 0 Å². The number of hydrogen-bond donors (Lipinski definition) is 0. The lowest BCUT2D eigenvalue weighted by molar-refractivity contribution is 0.0334. The first-order valence-corrected chi connectivity index (χ1v) is 17.1. The van der Waals surface area contributed by atoms with Crippen LogP contribution in [-0.2, 0) is 27.4 Å². The van der Waals surface area contributed by atoms with Crippen molar-refractivity contribution in [3.05, 3.63) is 160 Å². The van der Waals surface area contributed by atoms with Crippen molar-refractivity contribution in [1.29, 1.82) is 0 Å². The van der Waals surface area contributed by atoms with Gasteiger partial charge in [0.1, 0.15) is 17.4 Å². The average Bonchev–Trinajstić information content (AvgIpc) is 3.15. The number of carbonyl (C=O) groups is 4. The fraction of sp³-hybridized carbons (Fsp3) is 0.227. The summed E-state index contributed by atoms with van der Waals surface area (Å²) in [5.74, 6) is -3.74. The van der Waals surface area contributed by atoms with Gasteiger partial charge in [-0.05, 0) is 114 Å². The van der Waals surface area contributed by atoms with Gasteiger partial charge in [0.2, 0.25) is 0 Å². The van der Waals surface area contributed by atoms with Gasteiger partial charge >= 0.3 is 23.9 Å². The molecule has 5 aromatic carbocycles. The van der Waals surface area contributed by atoms with Crippen LogP contribution in [0.5, 0.6) is 5.75 Å². The highest BCUT2D eigenvalue weighted by molar-refractivity contribution is 5.94. The third-order valence-electron chi connectivity index (χ3n) is 8.58. The third kappa shape index (κ3) is 10.5. The van der Waals surface area contributed by atoms with E-state index in [2.05, 4.69) is 6.07 Å². The van der Waals surface area contributed by atoms with E-state index in [1.165, 1.54) is 60.7 Å². The molecule has 5 aromatic rings. The van der Waals surface area contributed by atoms with Crippen molar-refractivity contribution in [1.82, 2.24) is 0 Å². The minimum absolute atomic E-state index is 0.00186. The number of hydrogen-bond acceptors (Lipinski definition) is 7. The van der Waals surface area contributed by atoms with Crippen molar-refractivity contribution in [2.75, 3.05) is 13.2 Å². The zero-order chi connectivity index (χ0) is 39.0. The first kappa shape index (κ1) is 39.1. The molecule has 10 heteroatoms. The van der Waals surface area contributed by atoms with Crippen LogP contribution in [0.25, 0.3) is 11.1 Å². The summed E-state index contributed by atoms with van der Waals surface area (Å²) in [5, 5.41) is 10.9. The number of rotatable bonds is 14. The Hall–Kier alpha value is -6.16. The van der Waals surface area contributed by atoms with Gasteiger partial charge in [-0.1, -0.05) is 64.1 Å². The van der Waals surface area contributed by atoms with Crippen LogP contribution in [-0.4, -0.2) is 37.1 Å². The second-order valence-corrected chi connectivity index (χ2v) is 14.5. The molecule has 0 bridgehead atoms. The molecule has 5 rings (SSSR count). The van der Waals surface area contributed by atoms with Crippen LogP contribution in [0.2, 0.25) is 0 Å². The molecule has 54 heavy (non-hydrogen) atoms. The van der Waals surface area contributed by atoms with Gasteiger partial charge in [-0.25, -0.2) is 33.1 Å². The number of esters is 3. The number of halogens is 2. The van der Waals surface area contributed by atoms with Gasteiger partial charge in [-0.3, -0.25) is 0 Å². The fourth-order valence-electron chi connectivity index (χ4n) is 5.65. The van der Waals surface area contributed by atoms with Crippen molar-refractivity contribution in [2.24, 2.45) is 10.8 Å². The van der Waals surface area contributed by atoms with Gasteiger partial charge in [0, 0.05) is 10.8 Å². The van der Waals surface area contributed by atoms with E-state index in [-0.39, 0.29) is 48.3 Å². The van der Waals surface area contributed by atoms with E-state index in [0.717, 1.165) is 0 Å². The Morgan fingerprint density at radius 1 is 0.556 bits per heavy atom. The molecule has 0 aliphatic heterocycles.